The largest absolute Gasteiger partial charge is 0.426 e. The molecule has 5 rings (SSSR count). The molecule has 2 aliphatic heterocycles. The van der Waals surface area contributed by atoms with Gasteiger partial charge in [-0.3, -0.25) is 14.4 Å². The molecule has 3 heterocycles. The molecule has 0 spiro atoms. The molecule has 3 aromatic rings. The fraction of sp³-hybridized carbons (Fsp3) is 0.227. The molecular weight excluding hydrogens is 420 g/mol. The van der Waals surface area contributed by atoms with Gasteiger partial charge in [-0.1, -0.05) is 41.7 Å². The summed E-state index contributed by atoms with van der Waals surface area (Å²) in [6.07, 6.45) is -0.0304. The van der Waals surface area contributed by atoms with Crippen LogP contribution in [0, 0.1) is 12.3 Å². The Balaban J connectivity index is 1.57. The van der Waals surface area contributed by atoms with Crippen molar-refractivity contribution in [3.05, 3.63) is 74.2 Å². The summed E-state index contributed by atoms with van der Waals surface area (Å²) in [6.45, 7) is 1.95. The number of hydrogen-bond donors (Lipinski definition) is 2. The number of nitrogens with one attached hydrogen (secondary N) is 2. The summed E-state index contributed by atoms with van der Waals surface area (Å²) in [6, 6.07) is 14.9. The molecule has 0 saturated carbocycles. The summed E-state index contributed by atoms with van der Waals surface area (Å²) in [5.74, 6) is -0.246. The first-order chi connectivity index (χ1) is 14.5. The van der Waals surface area contributed by atoms with E-state index in [2.05, 4.69) is 10.3 Å². The van der Waals surface area contributed by atoms with Gasteiger partial charge in [-0.2, -0.15) is 0 Å². The fourth-order valence-corrected chi connectivity index (χ4v) is 6.77. The van der Waals surface area contributed by atoms with Crippen LogP contribution in [-0.2, 0) is 9.59 Å². The predicted molar refractivity (Wildman–Crippen MR) is 116 cm³/mol. The van der Waals surface area contributed by atoms with Gasteiger partial charge in [-0.05, 0) is 30.7 Å². The maximum Gasteiger partial charge on any atom is 0.319 e. The van der Waals surface area contributed by atoms with Crippen LogP contribution >= 0.6 is 23.1 Å². The highest BCUT2D eigenvalue weighted by molar-refractivity contribution is 7.99. The number of H-pyrrole nitrogens is 1. The lowest BCUT2D eigenvalue weighted by molar-refractivity contribution is -0.149. The molecule has 0 aliphatic carbocycles. The maximum absolute atomic E-state index is 13.3. The zero-order valence-corrected chi connectivity index (χ0v) is 17.7. The van der Waals surface area contributed by atoms with Gasteiger partial charge in [0.15, 0.2) is 0 Å². The molecule has 152 valence electrons. The minimum absolute atomic E-state index is 0.0304. The number of rotatable bonds is 3. The molecule has 2 aliphatic rings. The van der Waals surface area contributed by atoms with Crippen molar-refractivity contribution in [2.75, 3.05) is 11.1 Å². The molecule has 2 atom stereocenters. The number of anilines is 1. The van der Waals surface area contributed by atoms with Crippen LogP contribution in [0.1, 0.15) is 28.3 Å². The number of amides is 1. The molecule has 0 radical (unpaired) electrons. The molecule has 1 aromatic heterocycles. The number of thioether (sulfide) groups is 1. The van der Waals surface area contributed by atoms with Crippen LogP contribution in [0.2, 0.25) is 0 Å². The lowest BCUT2D eigenvalue weighted by Crippen LogP contribution is -2.49. The van der Waals surface area contributed by atoms with E-state index >= 15 is 0 Å². The van der Waals surface area contributed by atoms with Crippen LogP contribution in [0.5, 0.6) is 5.75 Å². The van der Waals surface area contributed by atoms with Crippen LogP contribution in [0.4, 0.5) is 5.69 Å². The summed E-state index contributed by atoms with van der Waals surface area (Å²) in [4.78, 5) is 41.9. The second-order valence-electron chi connectivity index (χ2n) is 7.61. The number of thiazole rings is 1. The Morgan fingerprint density at radius 3 is 2.90 bits per heavy atom. The fourth-order valence-electron chi connectivity index (χ4n) is 4.23. The Labute approximate surface area is 180 Å². The highest BCUT2D eigenvalue weighted by atomic mass is 32.2. The Morgan fingerprint density at radius 2 is 2.07 bits per heavy atom. The van der Waals surface area contributed by atoms with Crippen LogP contribution in [0.25, 0.3) is 0 Å². The first kappa shape index (κ1) is 19.1. The van der Waals surface area contributed by atoms with Crippen molar-refractivity contribution in [3.63, 3.8) is 0 Å². The molecule has 0 fully saturated rings. The SMILES string of the molecule is Cc1cccc(NC(=O)C[C@]23CSc4[nH]c(=O)sc4[C@H]2c2ccccc2OC3=O)c1. The highest BCUT2D eigenvalue weighted by Crippen LogP contribution is 2.58. The monoisotopic (exact) mass is 438 g/mol. The van der Waals surface area contributed by atoms with Gasteiger partial charge >= 0.3 is 10.8 Å². The van der Waals surface area contributed by atoms with E-state index < -0.39 is 17.3 Å². The Bertz CT molecular complexity index is 1230. The topological polar surface area (TPSA) is 88.3 Å². The lowest BCUT2D eigenvalue weighted by Gasteiger charge is -2.44. The molecule has 1 amide bonds. The first-order valence-corrected chi connectivity index (χ1v) is 11.3. The Morgan fingerprint density at radius 1 is 1.23 bits per heavy atom. The normalized spacial score (nSPS) is 21.8. The molecule has 2 aromatic carbocycles. The highest BCUT2D eigenvalue weighted by Gasteiger charge is 2.57. The van der Waals surface area contributed by atoms with Gasteiger partial charge in [0.25, 0.3) is 0 Å². The number of para-hydroxylation sites is 1. The number of carbonyl (C=O) groups is 2. The van der Waals surface area contributed by atoms with E-state index in [-0.39, 0.29) is 17.2 Å². The third-order valence-electron chi connectivity index (χ3n) is 5.55. The molecule has 0 unspecified atom stereocenters. The number of hydrogen-bond acceptors (Lipinski definition) is 6. The second-order valence-corrected chi connectivity index (χ2v) is 9.61. The standard InChI is InChI=1S/C22H18N2O4S2/c1-12-5-4-6-13(9-12)23-16(25)10-22-11-29-19-18(30-21(27)24-19)17(22)14-7-2-3-8-15(14)28-20(22)26/h2-9,17H,10-11H2,1H3,(H,23,25)(H,24,27)/t17-,22+/m1/s1. The Hall–Kier alpha value is -2.84. The minimum atomic E-state index is -1.08. The van der Waals surface area contributed by atoms with Crippen LogP contribution < -0.4 is 14.9 Å². The van der Waals surface area contributed by atoms with E-state index in [1.54, 1.807) is 6.07 Å². The predicted octanol–water partition coefficient (Wildman–Crippen LogP) is 3.92. The number of ether oxygens (including phenoxy) is 1. The smallest absolute Gasteiger partial charge is 0.319 e. The maximum atomic E-state index is 13.3. The van der Waals surface area contributed by atoms with E-state index in [9.17, 15) is 14.4 Å². The molecule has 30 heavy (non-hydrogen) atoms. The third-order valence-corrected chi connectivity index (χ3v) is 7.89. The van der Waals surface area contributed by atoms with Gasteiger partial charge in [0.1, 0.15) is 5.75 Å². The van der Waals surface area contributed by atoms with E-state index in [1.807, 2.05) is 49.4 Å². The summed E-state index contributed by atoms with van der Waals surface area (Å²) in [7, 11) is 0. The molecular formula is C22H18N2O4S2. The van der Waals surface area contributed by atoms with Crippen molar-refractivity contribution < 1.29 is 14.3 Å². The number of esters is 1. The number of carbonyl (C=O) groups excluding carboxylic acids is 2. The zero-order chi connectivity index (χ0) is 20.9. The molecule has 0 saturated heterocycles. The lowest BCUT2D eigenvalue weighted by atomic mass is 9.68. The van der Waals surface area contributed by atoms with Crippen LogP contribution in [-0.4, -0.2) is 22.6 Å². The number of benzene rings is 2. The van der Waals surface area contributed by atoms with Crippen molar-refractivity contribution in [2.45, 2.75) is 24.3 Å². The van der Waals surface area contributed by atoms with Gasteiger partial charge < -0.3 is 15.0 Å². The first-order valence-electron chi connectivity index (χ1n) is 9.50. The molecule has 8 heteroatoms. The molecule has 6 nitrogen and oxygen atoms in total. The minimum Gasteiger partial charge on any atom is -0.426 e. The zero-order valence-electron chi connectivity index (χ0n) is 16.1. The summed E-state index contributed by atoms with van der Waals surface area (Å²) >= 11 is 2.50. The van der Waals surface area contributed by atoms with Crippen LogP contribution in [0.15, 0.2) is 58.4 Å². The van der Waals surface area contributed by atoms with Gasteiger partial charge in [-0.25, -0.2) is 0 Å². The van der Waals surface area contributed by atoms with Crippen molar-refractivity contribution in [2.24, 2.45) is 5.41 Å². The summed E-state index contributed by atoms with van der Waals surface area (Å²) in [5, 5.41) is 3.68. The molecule has 0 bridgehead atoms. The van der Waals surface area contributed by atoms with Crippen molar-refractivity contribution in [3.8, 4) is 5.75 Å². The van der Waals surface area contributed by atoms with Crippen LogP contribution in [0.3, 0.4) is 0 Å². The number of aromatic amines is 1. The van der Waals surface area contributed by atoms with Crippen molar-refractivity contribution >= 4 is 40.7 Å². The van der Waals surface area contributed by atoms with E-state index in [0.717, 1.165) is 32.4 Å². The average Bonchev–Trinajstić information content (AvgIpc) is 3.08. The van der Waals surface area contributed by atoms with Gasteiger partial charge in [0.2, 0.25) is 5.91 Å². The van der Waals surface area contributed by atoms with Crippen molar-refractivity contribution in [1.29, 1.82) is 0 Å². The number of aromatic nitrogens is 1. The van der Waals surface area contributed by atoms with Gasteiger partial charge in [0, 0.05) is 34.2 Å². The number of aryl methyl sites for hydroxylation is 1. The summed E-state index contributed by atoms with van der Waals surface area (Å²) in [5.41, 5.74) is 1.47. The van der Waals surface area contributed by atoms with E-state index in [0.29, 0.717) is 17.2 Å². The van der Waals surface area contributed by atoms with Gasteiger partial charge in [-0.15, -0.1) is 11.8 Å². The quantitative estimate of drug-likeness (QED) is 0.478. The Kier molecular flexibility index (Phi) is 4.56. The van der Waals surface area contributed by atoms with Crippen molar-refractivity contribution in [1.82, 2.24) is 4.98 Å². The average molecular weight is 439 g/mol. The van der Waals surface area contributed by atoms with E-state index in [4.69, 9.17) is 4.74 Å². The molecule has 2 N–H and O–H groups in total. The van der Waals surface area contributed by atoms with E-state index in [1.165, 1.54) is 11.8 Å². The van der Waals surface area contributed by atoms with Gasteiger partial charge in [0.05, 0.1) is 10.4 Å². The number of fused-ring (bicyclic) bond motifs is 5. The second kappa shape index (κ2) is 7.14. The summed E-state index contributed by atoms with van der Waals surface area (Å²) < 4.78 is 5.68. The third kappa shape index (κ3) is 3.07.